The van der Waals surface area contributed by atoms with Crippen molar-refractivity contribution in [1.29, 1.82) is 0 Å². The van der Waals surface area contributed by atoms with Crippen LogP contribution >= 0.6 is 0 Å². The minimum Gasteiger partial charge on any atom is -0.299 e. The van der Waals surface area contributed by atoms with E-state index in [1.807, 2.05) is 13.8 Å². The van der Waals surface area contributed by atoms with Gasteiger partial charge >= 0.3 is 0 Å². The van der Waals surface area contributed by atoms with Crippen LogP contribution in [0.15, 0.2) is 5.11 Å². The quantitative estimate of drug-likeness (QED) is 0.339. The lowest BCUT2D eigenvalue weighted by Gasteiger charge is -2.07. The molecule has 0 aliphatic heterocycles. The molecule has 0 bridgehead atoms. The summed E-state index contributed by atoms with van der Waals surface area (Å²) in [5, 5.41) is 3.50. The molecule has 0 unspecified atom stereocenters. The molecule has 0 rings (SSSR count). The smallest absolute Gasteiger partial charge is 0.141 e. The van der Waals surface area contributed by atoms with Crippen molar-refractivity contribution in [3.05, 3.63) is 10.4 Å². The van der Waals surface area contributed by atoms with E-state index in [2.05, 4.69) is 10.0 Å². The Labute approximate surface area is 79.0 Å². The number of rotatable bonds is 7. The Balaban J connectivity index is 4.02. The minimum absolute atomic E-state index is 0.0847. The van der Waals surface area contributed by atoms with Crippen LogP contribution in [0.1, 0.15) is 46.0 Å². The lowest BCUT2D eigenvalue weighted by atomic mass is 10.0. The van der Waals surface area contributed by atoms with Gasteiger partial charge < -0.3 is 0 Å². The predicted octanol–water partition coefficient (Wildman–Crippen LogP) is 3.22. The molecule has 4 nitrogen and oxygen atoms in total. The van der Waals surface area contributed by atoms with Crippen molar-refractivity contribution in [2.45, 2.75) is 52.0 Å². The van der Waals surface area contributed by atoms with Crippen LogP contribution in [-0.4, -0.2) is 11.8 Å². The van der Waals surface area contributed by atoms with Crippen LogP contribution in [-0.2, 0) is 4.79 Å². The van der Waals surface area contributed by atoms with E-state index >= 15 is 0 Å². The van der Waals surface area contributed by atoms with Gasteiger partial charge in [0.2, 0.25) is 0 Å². The van der Waals surface area contributed by atoms with E-state index in [9.17, 15) is 4.79 Å². The summed E-state index contributed by atoms with van der Waals surface area (Å²) in [5.74, 6) is 0.0847. The topological polar surface area (TPSA) is 65.8 Å². The number of ketones is 1. The lowest BCUT2D eigenvalue weighted by Crippen LogP contribution is -2.17. The summed E-state index contributed by atoms with van der Waals surface area (Å²) in [6.45, 7) is 4.02. The number of carbonyl (C=O) groups excluding carboxylic acids is 1. The molecule has 0 aliphatic rings. The summed E-state index contributed by atoms with van der Waals surface area (Å²) in [5.41, 5.74) is 8.24. The van der Waals surface area contributed by atoms with Crippen molar-refractivity contribution in [1.82, 2.24) is 0 Å². The van der Waals surface area contributed by atoms with Crippen molar-refractivity contribution in [2.24, 2.45) is 5.11 Å². The number of carbonyl (C=O) groups is 1. The van der Waals surface area contributed by atoms with Crippen LogP contribution in [0.2, 0.25) is 0 Å². The molecular formula is C9H17N3O. The van der Waals surface area contributed by atoms with Crippen molar-refractivity contribution in [3.8, 4) is 0 Å². The monoisotopic (exact) mass is 183 g/mol. The Morgan fingerprint density at radius 3 is 2.62 bits per heavy atom. The van der Waals surface area contributed by atoms with Gasteiger partial charge in [-0.1, -0.05) is 31.8 Å². The molecule has 0 heterocycles. The third kappa shape index (κ3) is 5.26. The van der Waals surface area contributed by atoms with Gasteiger partial charge in [-0.15, -0.1) is 0 Å². The normalized spacial score (nSPS) is 11.8. The Hall–Kier alpha value is -1.02. The predicted molar refractivity (Wildman–Crippen MR) is 52.4 cm³/mol. The van der Waals surface area contributed by atoms with Crippen LogP contribution < -0.4 is 0 Å². The molecule has 74 valence electrons. The fourth-order valence-corrected chi connectivity index (χ4v) is 1.14. The van der Waals surface area contributed by atoms with Crippen LogP contribution in [0, 0.1) is 0 Å². The summed E-state index contributed by atoms with van der Waals surface area (Å²) in [6, 6.07) is -0.429. The molecule has 0 N–H and O–H groups in total. The molecule has 13 heavy (non-hydrogen) atoms. The summed E-state index contributed by atoms with van der Waals surface area (Å²) in [7, 11) is 0. The molecule has 0 radical (unpaired) electrons. The molecule has 0 fully saturated rings. The first-order chi connectivity index (χ1) is 6.26. The van der Waals surface area contributed by atoms with Gasteiger partial charge in [-0.05, 0) is 18.4 Å². The minimum atomic E-state index is -0.429. The maximum atomic E-state index is 11.4. The Kier molecular flexibility index (Phi) is 7.02. The van der Waals surface area contributed by atoms with Gasteiger partial charge in [0.1, 0.15) is 5.78 Å². The molecule has 0 aromatic carbocycles. The van der Waals surface area contributed by atoms with Crippen molar-refractivity contribution in [2.75, 3.05) is 0 Å². The molecule has 0 aromatic rings. The second-order valence-electron chi connectivity index (χ2n) is 3.08. The first-order valence-electron chi connectivity index (χ1n) is 4.83. The van der Waals surface area contributed by atoms with Gasteiger partial charge in [-0.25, -0.2) is 0 Å². The zero-order valence-corrected chi connectivity index (χ0v) is 8.36. The van der Waals surface area contributed by atoms with Gasteiger partial charge in [-0.3, -0.25) is 4.79 Å². The fraction of sp³-hybridized carbons (Fsp3) is 0.889. The van der Waals surface area contributed by atoms with Gasteiger partial charge in [0, 0.05) is 11.3 Å². The molecular weight excluding hydrogens is 166 g/mol. The number of hydrogen-bond acceptors (Lipinski definition) is 2. The van der Waals surface area contributed by atoms with Gasteiger partial charge in [0.25, 0.3) is 0 Å². The van der Waals surface area contributed by atoms with E-state index in [-0.39, 0.29) is 5.78 Å². The number of azide groups is 1. The molecule has 0 aliphatic carbocycles. The molecule has 0 amide bonds. The summed E-state index contributed by atoms with van der Waals surface area (Å²) in [6.07, 6.45) is 3.98. The second kappa shape index (κ2) is 7.62. The number of unbranched alkanes of at least 4 members (excludes halogenated alkanes) is 1. The molecule has 0 aromatic heterocycles. The molecule has 0 spiro atoms. The zero-order valence-electron chi connectivity index (χ0n) is 8.36. The lowest BCUT2D eigenvalue weighted by molar-refractivity contribution is -0.120. The number of hydrogen-bond donors (Lipinski definition) is 0. The Morgan fingerprint density at radius 1 is 1.46 bits per heavy atom. The van der Waals surface area contributed by atoms with Gasteiger partial charge in [0.05, 0.1) is 6.04 Å². The highest BCUT2D eigenvalue weighted by Crippen LogP contribution is 2.08. The summed E-state index contributed by atoms with van der Waals surface area (Å²) in [4.78, 5) is 14.1. The van der Waals surface area contributed by atoms with E-state index < -0.39 is 6.04 Å². The van der Waals surface area contributed by atoms with Crippen LogP contribution in [0.4, 0.5) is 0 Å². The maximum absolute atomic E-state index is 11.4. The van der Waals surface area contributed by atoms with Crippen LogP contribution in [0.3, 0.4) is 0 Å². The molecule has 0 saturated heterocycles. The Morgan fingerprint density at radius 2 is 2.15 bits per heavy atom. The highest BCUT2D eigenvalue weighted by Gasteiger charge is 2.14. The average molecular weight is 183 g/mol. The van der Waals surface area contributed by atoms with Gasteiger partial charge in [-0.2, -0.15) is 0 Å². The van der Waals surface area contributed by atoms with Crippen molar-refractivity contribution in [3.63, 3.8) is 0 Å². The highest BCUT2D eigenvalue weighted by molar-refractivity contribution is 5.84. The van der Waals surface area contributed by atoms with Crippen LogP contribution in [0.5, 0.6) is 0 Å². The first-order valence-corrected chi connectivity index (χ1v) is 4.83. The number of nitrogens with zero attached hydrogens (tertiary/aromatic N) is 3. The largest absolute Gasteiger partial charge is 0.299 e. The third-order valence-corrected chi connectivity index (χ3v) is 1.90. The SMILES string of the molecule is CCCCC(=O)[C@@H](CCC)N=[N+]=[N-]. The highest BCUT2D eigenvalue weighted by atomic mass is 16.1. The first kappa shape index (κ1) is 12.0. The summed E-state index contributed by atoms with van der Waals surface area (Å²) < 4.78 is 0. The van der Waals surface area contributed by atoms with E-state index in [1.165, 1.54) is 0 Å². The van der Waals surface area contributed by atoms with Gasteiger partial charge in [0.15, 0.2) is 0 Å². The van der Waals surface area contributed by atoms with E-state index in [0.29, 0.717) is 12.8 Å². The Bertz CT molecular complexity index is 197. The fourth-order valence-electron chi connectivity index (χ4n) is 1.14. The van der Waals surface area contributed by atoms with Crippen molar-refractivity contribution >= 4 is 5.78 Å². The standard InChI is InChI=1S/C9H17N3O/c1-3-5-7-9(13)8(6-4-2)11-12-10/h8H,3-7H2,1-2H3/t8-/m1/s1. The van der Waals surface area contributed by atoms with Crippen molar-refractivity contribution < 1.29 is 4.79 Å². The number of Topliss-reactive ketones (excluding diaryl/α,β-unsaturated/α-hetero) is 1. The maximum Gasteiger partial charge on any atom is 0.141 e. The third-order valence-electron chi connectivity index (χ3n) is 1.90. The van der Waals surface area contributed by atoms with E-state index in [4.69, 9.17) is 5.53 Å². The van der Waals surface area contributed by atoms with Crippen LogP contribution in [0.25, 0.3) is 10.4 Å². The zero-order chi connectivity index (χ0) is 10.1. The molecule has 1 atom stereocenters. The summed E-state index contributed by atoms with van der Waals surface area (Å²) >= 11 is 0. The molecule has 4 heteroatoms. The second-order valence-corrected chi connectivity index (χ2v) is 3.08. The molecule has 0 saturated carbocycles. The average Bonchev–Trinajstić information content (AvgIpc) is 2.14. The van der Waals surface area contributed by atoms with E-state index in [1.54, 1.807) is 0 Å². The van der Waals surface area contributed by atoms with E-state index in [0.717, 1.165) is 19.3 Å².